The van der Waals surface area contributed by atoms with Gasteiger partial charge in [0.25, 0.3) is 0 Å². The maximum atomic E-state index is 12.3. The van der Waals surface area contributed by atoms with Crippen LogP contribution in [0.1, 0.15) is 37.0 Å². The zero-order valence-electron chi connectivity index (χ0n) is 15.1. The summed E-state index contributed by atoms with van der Waals surface area (Å²) >= 11 is 0. The van der Waals surface area contributed by atoms with Crippen LogP contribution in [0.4, 0.5) is 0 Å². The van der Waals surface area contributed by atoms with Crippen LogP contribution >= 0.6 is 0 Å². The lowest BCUT2D eigenvalue weighted by Gasteiger charge is -2.16. The Labute approximate surface area is 147 Å². The number of carbonyl (C=O) groups excluding carboxylic acids is 1. The first-order chi connectivity index (χ1) is 12.0. The van der Waals surface area contributed by atoms with Crippen molar-refractivity contribution in [3.05, 3.63) is 23.3 Å². The smallest absolute Gasteiger partial charge is 0.242 e. The number of nitrogens with one attached hydrogen (secondary N) is 1. The predicted octanol–water partition coefficient (Wildman–Crippen LogP) is 0.287. The minimum Gasteiger partial charge on any atom is -0.350 e. The number of likely N-dealkylation sites (tertiary alicyclic amines) is 1. The molecule has 2 aromatic heterocycles. The molecule has 1 aliphatic rings. The second kappa shape index (κ2) is 7.73. The normalized spacial score (nSPS) is 16.3. The van der Waals surface area contributed by atoms with Gasteiger partial charge in [-0.25, -0.2) is 4.68 Å². The van der Waals surface area contributed by atoms with E-state index in [-0.39, 0.29) is 18.5 Å². The van der Waals surface area contributed by atoms with Gasteiger partial charge in [0.15, 0.2) is 5.82 Å². The van der Waals surface area contributed by atoms with E-state index in [1.54, 1.807) is 4.68 Å². The summed E-state index contributed by atoms with van der Waals surface area (Å²) in [7, 11) is 0. The largest absolute Gasteiger partial charge is 0.350 e. The highest BCUT2D eigenvalue weighted by molar-refractivity contribution is 5.75. The Bertz CT molecular complexity index is 716. The molecular weight excluding hydrogens is 320 g/mol. The molecule has 1 aliphatic heterocycles. The van der Waals surface area contributed by atoms with Crippen molar-refractivity contribution in [3.8, 4) is 0 Å². The molecule has 136 valence electrons. The van der Waals surface area contributed by atoms with Gasteiger partial charge in [-0.2, -0.15) is 5.10 Å². The van der Waals surface area contributed by atoms with Gasteiger partial charge < -0.3 is 5.32 Å². The summed E-state index contributed by atoms with van der Waals surface area (Å²) in [5.74, 6) is 0.646. The van der Waals surface area contributed by atoms with Crippen molar-refractivity contribution in [2.45, 2.75) is 59.3 Å². The minimum atomic E-state index is -0.0935. The Kier molecular flexibility index (Phi) is 5.42. The van der Waals surface area contributed by atoms with Gasteiger partial charge in [0, 0.05) is 11.7 Å². The first kappa shape index (κ1) is 17.5. The highest BCUT2D eigenvalue weighted by atomic mass is 16.2. The van der Waals surface area contributed by atoms with Gasteiger partial charge in [-0.1, -0.05) is 0 Å². The molecule has 0 radical (unpaired) electrons. The van der Waals surface area contributed by atoms with E-state index in [4.69, 9.17) is 0 Å². The third-order valence-electron chi connectivity index (χ3n) is 4.42. The Morgan fingerprint density at radius 2 is 2.04 bits per heavy atom. The summed E-state index contributed by atoms with van der Waals surface area (Å²) in [6, 6.07) is 2.00. The first-order valence-corrected chi connectivity index (χ1v) is 8.79. The van der Waals surface area contributed by atoms with Crippen molar-refractivity contribution >= 4 is 5.91 Å². The van der Waals surface area contributed by atoms with E-state index in [0.717, 1.165) is 30.3 Å². The van der Waals surface area contributed by atoms with Crippen molar-refractivity contribution in [3.63, 3.8) is 0 Å². The number of rotatable bonds is 7. The molecule has 9 nitrogen and oxygen atoms in total. The average Bonchev–Trinajstić information content (AvgIpc) is 3.25. The summed E-state index contributed by atoms with van der Waals surface area (Å²) in [6.45, 7) is 9.56. The van der Waals surface area contributed by atoms with Crippen molar-refractivity contribution in [1.82, 2.24) is 40.2 Å². The molecule has 0 spiro atoms. The Hall–Kier alpha value is -2.29. The van der Waals surface area contributed by atoms with Crippen LogP contribution in [0.25, 0.3) is 0 Å². The quantitative estimate of drug-likeness (QED) is 0.774. The third kappa shape index (κ3) is 4.62. The SMILES string of the molecule is Cc1cc(C)n(CC(C)NC(=O)Cn2nnnc2CN2CCCC2)n1. The Balaban J connectivity index is 1.52. The highest BCUT2D eigenvalue weighted by Crippen LogP contribution is 2.10. The molecule has 0 aliphatic carbocycles. The maximum absolute atomic E-state index is 12.3. The number of hydrogen-bond donors (Lipinski definition) is 1. The van der Waals surface area contributed by atoms with Gasteiger partial charge in [0.05, 0.1) is 18.8 Å². The predicted molar refractivity (Wildman–Crippen MR) is 91.6 cm³/mol. The molecule has 3 rings (SSSR count). The lowest BCUT2D eigenvalue weighted by Crippen LogP contribution is -2.38. The van der Waals surface area contributed by atoms with E-state index < -0.39 is 0 Å². The van der Waals surface area contributed by atoms with Gasteiger partial charge in [-0.15, -0.1) is 5.10 Å². The molecule has 2 aromatic rings. The molecule has 1 unspecified atom stereocenters. The van der Waals surface area contributed by atoms with Crippen LogP contribution in [0.2, 0.25) is 0 Å². The minimum absolute atomic E-state index is 0.0241. The van der Waals surface area contributed by atoms with Gasteiger partial charge in [0.2, 0.25) is 5.91 Å². The van der Waals surface area contributed by atoms with Crippen LogP contribution in [0.3, 0.4) is 0 Å². The van der Waals surface area contributed by atoms with Crippen molar-refractivity contribution in [1.29, 1.82) is 0 Å². The molecule has 1 saturated heterocycles. The van der Waals surface area contributed by atoms with Crippen LogP contribution in [0, 0.1) is 13.8 Å². The molecular formula is C16H26N8O. The van der Waals surface area contributed by atoms with Crippen molar-refractivity contribution in [2.75, 3.05) is 13.1 Å². The average molecular weight is 346 g/mol. The summed E-state index contributed by atoms with van der Waals surface area (Å²) < 4.78 is 3.50. The zero-order valence-corrected chi connectivity index (χ0v) is 15.1. The number of carbonyl (C=O) groups is 1. The van der Waals surface area contributed by atoms with Crippen LogP contribution in [0.5, 0.6) is 0 Å². The summed E-state index contributed by atoms with van der Waals surface area (Å²) in [4.78, 5) is 14.6. The van der Waals surface area contributed by atoms with Crippen LogP contribution in [0.15, 0.2) is 6.07 Å². The number of nitrogens with zero attached hydrogens (tertiary/aromatic N) is 7. The van der Waals surface area contributed by atoms with E-state index in [2.05, 4.69) is 30.8 Å². The summed E-state index contributed by atoms with van der Waals surface area (Å²) in [5.41, 5.74) is 2.07. The molecule has 0 bridgehead atoms. The number of amides is 1. The molecule has 25 heavy (non-hydrogen) atoms. The fourth-order valence-electron chi connectivity index (χ4n) is 3.22. The highest BCUT2D eigenvalue weighted by Gasteiger charge is 2.18. The second-order valence-electron chi connectivity index (χ2n) is 6.81. The molecule has 0 aromatic carbocycles. The molecule has 9 heteroatoms. The zero-order chi connectivity index (χ0) is 17.8. The van der Waals surface area contributed by atoms with E-state index in [0.29, 0.717) is 13.1 Å². The van der Waals surface area contributed by atoms with Crippen LogP contribution < -0.4 is 5.32 Å². The van der Waals surface area contributed by atoms with Crippen LogP contribution in [-0.2, 0) is 24.4 Å². The van der Waals surface area contributed by atoms with Gasteiger partial charge >= 0.3 is 0 Å². The monoisotopic (exact) mass is 346 g/mol. The van der Waals surface area contributed by atoms with E-state index in [9.17, 15) is 4.79 Å². The van der Waals surface area contributed by atoms with Crippen molar-refractivity contribution < 1.29 is 4.79 Å². The van der Waals surface area contributed by atoms with Gasteiger partial charge in [-0.3, -0.25) is 14.4 Å². The summed E-state index contributed by atoms with van der Waals surface area (Å²) in [6.07, 6.45) is 2.43. The lowest BCUT2D eigenvalue weighted by atomic mass is 10.3. The van der Waals surface area contributed by atoms with E-state index >= 15 is 0 Å². The molecule has 1 amide bonds. The van der Waals surface area contributed by atoms with Gasteiger partial charge in [0.1, 0.15) is 6.54 Å². The molecule has 3 heterocycles. The first-order valence-electron chi connectivity index (χ1n) is 8.79. The standard InChI is InChI=1S/C16H26N8O/c1-12-8-14(3)23(19-12)9-13(2)17-16(25)11-24-15(18-20-21-24)10-22-6-4-5-7-22/h8,13H,4-7,9-11H2,1-3H3,(H,17,25). The number of aryl methyl sites for hydroxylation is 2. The number of aromatic nitrogens is 6. The molecule has 1 N–H and O–H groups in total. The third-order valence-corrected chi connectivity index (χ3v) is 4.42. The van der Waals surface area contributed by atoms with Gasteiger partial charge in [-0.05, 0) is 63.2 Å². The Morgan fingerprint density at radius 1 is 1.28 bits per heavy atom. The topological polar surface area (TPSA) is 93.8 Å². The Morgan fingerprint density at radius 3 is 2.72 bits per heavy atom. The van der Waals surface area contributed by atoms with E-state index in [1.807, 2.05) is 31.5 Å². The van der Waals surface area contributed by atoms with E-state index in [1.165, 1.54) is 12.8 Å². The fourth-order valence-corrected chi connectivity index (χ4v) is 3.22. The lowest BCUT2D eigenvalue weighted by molar-refractivity contribution is -0.122. The molecule has 0 saturated carbocycles. The van der Waals surface area contributed by atoms with Crippen molar-refractivity contribution in [2.24, 2.45) is 0 Å². The number of tetrazole rings is 1. The maximum Gasteiger partial charge on any atom is 0.242 e. The fraction of sp³-hybridized carbons (Fsp3) is 0.688. The molecule has 1 atom stereocenters. The number of hydrogen-bond acceptors (Lipinski definition) is 6. The second-order valence-corrected chi connectivity index (χ2v) is 6.81. The summed E-state index contributed by atoms with van der Waals surface area (Å²) in [5, 5.41) is 19.2. The molecule has 1 fully saturated rings. The van der Waals surface area contributed by atoms with Crippen LogP contribution in [-0.4, -0.2) is 59.9 Å².